The number of unbranched alkanes of at least 4 members (excludes halogenated alkanes) is 1. The van der Waals surface area contributed by atoms with E-state index < -0.39 is 24.2 Å². The van der Waals surface area contributed by atoms with Gasteiger partial charge in [0.15, 0.2) is 0 Å². The number of ether oxygens (including phenoxy) is 3. The third-order valence-corrected chi connectivity index (χ3v) is 5.96. The minimum atomic E-state index is -1.00. The first-order chi connectivity index (χ1) is 14.4. The molecule has 1 amide bonds. The van der Waals surface area contributed by atoms with Gasteiger partial charge in [-0.05, 0) is 47.2 Å². The number of para-hydroxylation sites is 1. The molecule has 3 atom stereocenters. The molecule has 166 valence electrons. The van der Waals surface area contributed by atoms with Crippen molar-refractivity contribution in [3.05, 3.63) is 39.5 Å². The average Bonchev–Trinajstić information content (AvgIpc) is 2.75. The van der Waals surface area contributed by atoms with Gasteiger partial charge in [0, 0.05) is 32.1 Å². The van der Waals surface area contributed by atoms with Crippen LogP contribution in [0.15, 0.2) is 35.9 Å². The molecule has 1 aliphatic carbocycles. The minimum Gasteiger partial charge on any atom is -0.482 e. The Morgan fingerprint density at radius 2 is 2.00 bits per heavy atom. The molecule has 0 saturated carbocycles. The minimum absolute atomic E-state index is 0.0721. The molecule has 2 rings (SSSR count). The van der Waals surface area contributed by atoms with Gasteiger partial charge in [0.25, 0.3) is 0 Å². The highest BCUT2D eigenvalue weighted by molar-refractivity contribution is 14.1. The normalized spacial score (nSPS) is 21.0. The molecule has 0 heterocycles. The van der Waals surface area contributed by atoms with E-state index in [-0.39, 0.29) is 12.3 Å². The molecule has 0 spiro atoms. The summed E-state index contributed by atoms with van der Waals surface area (Å²) >= 11 is 2.15. The highest BCUT2D eigenvalue weighted by Crippen LogP contribution is 2.30. The number of aliphatic hydroxyl groups excluding tert-OH is 1. The Morgan fingerprint density at radius 3 is 2.63 bits per heavy atom. The summed E-state index contributed by atoms with van der Waals surface area (Å²) < 4.78 is 17.0. The average molecular weight is 531 g/mol. The molecular formula is C22H30INO6. The van der Waals surface area contributed by atoms with E-state index in [2.05, 4.69) is 22.6 Å². The first kappa shape index (κ1) is 24.6. The maximum atomic E-state index is 12.9. The second kappa shape index (κ2) is 12.3. The van der Waals surface area contributed by atoms with Gasteiger partial charge in [-0.25, -0.2) is 4.79 Å². The lowest BCUT2D eigenvalue weighted by Gasteiger charge is -2.40. The number of methoxy groups -OCH3 is 2. The summed E-state index contributed by atoms with van der Waals surface area (Å²) in [5.74, 6) is 0.0390. The molecule has 1 aromatic rings. The molecule has 0 radical (unpaired) electrons. The third-order valence-electron chi connectivity index (χ3n) is 5.07. The molecule has 1 aliphatic rings. The zero-order valence-electron chi connectivity index (χ0n) is 17.7. The number of rotatable bonds is 10. The second-order valence-electron chi connectivity index (χ2n) is 7.14. The Bertz CT molecular complexity index is 753. The molecule has 1 aromatic carbocycles. The number of nitrogens with zero attached hydrogens (tertiary/aromatic N) is 1. The van der Waals surface area contributed by atoms with E-state index >= 15 is 0 Å². The van der Waals surface area contributed by atoms with Gasteiger partial charge < -0.3 is 24.2 Å². The van der Waals surface area contributed by atoms with Gasteiger partial charge >= 0.3 is 5.97 Å². The zero-order valence-corrected chi connectivity index (χ0v) is 19.8. The molecule has 1 N–H and O–H groups in total. The molecule has 0 bridgehead atoms. The van der Waals surface area contributed by atoms with Crippen LogP contribution in [0.3, 0.4) is 0 Å². The fourth-order valence-corrected chi connectivity index (χ4v) is 3.95. The quantitative estimate of drug-likeness (QED) is 0.369. The van der Waals surface area contributed by atoms with Crippen molar-refractivity contribution in [1.29, 1.82) is 0 Å². The lowest BCUT2D eigenvalue weighted by molar-refractivity contribution is -0.142. The number of amides is 1. The number of esters is 1. The third kappa shape index (κ3) is 6.42. The first-order valence-electron chi connectivity index (χ1n) is 10.1. The smallest absolute Gasteiger partial charge is 0.333 e. The highest BCUT2D eigenvalue weighted by Gasteiger charge is 2.40. The van der Waals surface area contributed by atoms with E-state index in [1.807, 2.05) is 25.1 Å². The number of aliphatic hydroxyl groups is 1. The molecule has 0 fully saturated rings. The summed E-state index contributed by atoms with van der Waals surface area (Å²) in [6, 6.07) is 6.82. The van der Waals surface area contributed by atoms with Crippen molar-refractivity contribution in [3.63, 3.8) is 0 Å². The van der Waals surface area contributed by atoms with Gasteiger partial charge in [-0.1, -0.05) is 25.5 Å². The van der Waals surface area contributed by atoms with Crippen molar-refractivity contribution in [2.24, 2.45) is 0 Å². The van der Waals surface area contributed by atoms with Crippen LogP contribution in [-0.4, -0.2) is 67.5 Å². The van der Waals surface area contributed by atoms with Gasteiger partial charge in [-0.2, -0.15) is 0 Å². The van der Waals surface area contributed by atoms with Gasteiger partial charge in [0.05, 0.1) is 23.3 Å². The maximum Gasteiger partial charge on any atom is 0.333 e. The number of carbonyl (C=O) groups is 2. The predicted molar refractivity (Wildman–Crippen MR) is 121 cm³/mol. The summed E-state index contributed by atoms with van der Waals surface area (Å²) in [5, 5.41) is 11.1. The van der Waals surface area contributed by atoms with Crippen molar-refractivity contribution in [2.45, 2.75) is 50.9 Å². The van der Waals surface area contributed by atoms with Crippen molar-refractivity contribution in [2.75, 3.05) is 27.4 Å². The fourth-order valence-electron chi connectivity index (χ4n) is 3.43. The topological polar surface area (TPSA) is 85.3 Å². The predicted octanol–water partition coefficient (Wildman–Crippen LogP) is 2.94. The van der Waals surface area contributed by atoms with Crippen LogP contribution < -0.4 is 4.74 Å². The van der Waals surface area contributed by atoms with Crippen LogP contribution in [-0.2, 0) is 19.1 Å². The summed E-state index contributed by atoms with van der Waals surface area (Å²) in [7, 11) is 2.88. The Morgan fingerprint density at radius 1 is 1.27 bits per heavy atom. The zero-order chi connectivity index (χ0) is 22.1. The van der Waals surface area contributed by atoms with Crippen LogP contribution in [0, 0.1) is 3.57 Å². The van der Waals surface area contributed by atoms with E-state index in [0.29, 0.717) is 30.9 Å². The standard InChI is InChI=1S/C22H30INO6/c1-4-5-10-20(25)24(11-12-28-2)17-13-15(22(27)29-3)14-19(21(17)26)30-18-9-7-6-8-16(18)23/h6-9,14,17,19,21,26H,4-5,10-13H2,1-3H3/t17-,19+,21+/m1/s1. The van der Waals surface area contributed by atoms with Crippen molar-refractivity contribution >= 4 is 34.5 Å². The Hall–Kier alpha value is -1.65. The van der Waals surface area contributed by atoms with Crippen LogP contribution >= 0.6 is 22.6 Å². The van der Waals surface area contributed by atoms with Crippen LogP contribution in [0.1, 0.15) is 32.6 Å². The Balaban J connectivity index is 2.34. The molecule has 0 aliphatic heterocycles. The van der Waals surface area contributed by atoms with Gasteiger partial charge in [0.1, 0.15) is 18.0 Å². The molecule has 7 nitrogen and oxygen atoms in total. The lowest BCUT2D eigenvalue weighted by Crippen LogP contribution is -2.55. The van der Waals surface area contributed by atoms with E-state index in [1.165, 1.54) is 7.11 Å². The van der Waals surface area contributed by atoms with Gasteiger partial charge in [-0.3, -0.25) is 4.79 Å². The van der Waals surface area contributed by atoms with Crippen LogP contribution in [0.25, 0.3) is 0 Å². The van der Waals surface area contributed by atoms with Crippen molar-refractivity contribution < 1.29 is 28.9 Å². The van der Waals surface area contributed by atoms with E-state index in [0.717, 1.165) is 16.4 Å². The number of halogens is 1. The number of carbonyl (C=O) groups excluding carboxylic acids is 2. The maximum absolute atomic E-state index is 12.9. The molecule has 0 unspecified atom stereocenters. The lowest BCUT2D eigenvalue weighted by atomic mass is 9.88. The van der Waals surface area contributed by atoms with Crippen LogP contribution in [0.5, 0.6) is 5.75 Å². The summed E-state index contributed by atoms with van der Waals surface area (Å²) in [6.45, 7) is 2.68. The Kier molecular flexibility index (Phi) is 10.1. The monoisotopic (exact) mass is 531 g/mol. The van der Waals surface area contributed by atoms with E-state index in [4.69, 9.17) is 14.2 Å². The van der Waals surface area contributed by atoms with Crippen molar-refractivity contribution in [3.8, 4) is 5.75 Å². The molecular weight excluding hydrogens is 501 g/mol. The molecule has 0 aromatic heterocycles. The summed E-state index contributed by atoms with van der Waals surface area (Å²) in [4.78, 5) is 26.8. The van der Waals surface area contributed by atoms with Gasteiger partial charge in [-0.15, -0.1) is 0 Å². The number of hydrogen-bond donors (Lipinski definition) is 1. The highest BCUT2D eigenvalue weighted by atomic mass is 127. The van der Waals surface area contributed by atoms with Gasteiger partial charge in [0.2, 0.25) is 5.91 Å². The fraction of sp³-hybridized carbons (Fsp3) is 0.545. The Labute approximate surface area is 191 Å². The van der Waals surface area contributed by atoms with E-state index in [9.17, 15) is 14.7 Å². The second-order valence-corrected chi connectivity index (χ2v) is 8.30. The van der Waals surface area contributed by atoms with E-state index in [1.54, 1.807) is 24.2 Å². The molecule has 0 saturated heterocycles. The number of benzene rings is 1. The van der Waals surface area contributed by atoms with Crippen LogP contribution in [0.2, 0.25) is 0 Å². The SMILES string of the molecule is CCCCC(=O)N(CCOC)[C@@H]1CC(C(=O)OC)=C[C@H](Oc2ccccc2I)[C@H]1O. The van der Waals surface area contributed by atoms with Crippen LogP contribution in [0.4, 0.5) is 0 Å². The first-order valence-corrected chi connectivity index (χ1v) is 11.2. The molecule has 8 heteroatoms. The largest absolute Gasteiger partial charge is 0.482 e. The summed E-state index contributed by atoms with van der Waals surface area (Å²) in [6.07, 6.45) is 2.02. The van der Waals surface area contributed by atoms with Crippen molar-refractivity contribution in [1.82, 2.24) is 4.90 Å². The summed E-state index contributed by atoms with van der Waals surface area (Å²) in [5.41, 5.74) is 0.384. The molecule has 30 heavy (non-hydrogen) atoms. The number of hydrogen-bond acceptors (Lipinski definition) is 6.